The largest absolute Gasteiger partial charge is 0.325 e. The lowest BCUT2D eigenvalue weighted by Crippen LogP contribution is -2.48. The van der Waals surface area contributed by atoms with Crippen LogP contribution in [0.3, 0.4) is 0 Å². The number of pyridine rings is 1. The van der Waals surface area contributed by atoms with Crippen molar-refractivity contribution in [3.8, 4) is 0 Å². The molecule has 1 aliphatic carbocycles. The Morgan fingerprint density at radius 1 is 1.52 bits per heavy atom. The average molecular weight is 304 g/mol. The van der Waals surface area contributed by atoms with Crippen molar-refractivity contribution >= 4 is 34.1 Å². The van der Waals surface area contributed by atoms with Crippen LogP contribution in [0.1, 0.15) is 31.2 Å². The number of halogens is 1. The number of hydrogen-bond acceptors (Lipinski definition) is 3. The first kappa shape index (κ1) is 14.3. The molecule has 1 aromatic carbocycles. The molecule has 0 atom stereocenters. The van der Waals surface area contributed by atoms with E-state index in [2.05, 4.69) is 10.3 Å². The summed E-state index contributed by atoms with van der Waals surface area (Å²) < 4.78 is 0. The maximum atomic E-state index is 12.2. The van der Waals surface area contributed by atoms with Crippen molar-refractivity contribution in [1.82, 2.24) is 4.98 Å². The fourth-order valence-electron chi connectivity index (χ4n) is 2.82. The van der Waals surface area contributed by atoms with E-state index in [9.17, 15) is 4.79 Å². The summed E-state index contributed by atoms with van der Waals surface area (Å²) in [5.74, 6) is -0.0897. The Hall–Kier alpha value is -1.65. The molecule has 1 aromatic heterocycles. The molecule has 2 aromatic rings. The monoisotopic (exact) mass is 303 g/mol. The summed E-state index contributed by atoms with van der Waals surface area (Å²) in [7, 11) is 0. The van der Waals surface area contributed by atoms with Gasteiger partial charge in [0.1, 0.15) is 0 Å². The molecular weight excluding hydrogens is 286 g/mol. The summed E-state index contributed by atoms with van der Waals surface area (Å²) in [6, 6.07) is 5.58. The number of fused-ring (bicyclic) bond motifs is 1. The predicted molar refractivity (Wildman–Crippen MR) is 85.5 cm³/mol. The fraction of sp³-hybridized carbons (Fsp3) is 0.375. The zero-order chi connectivity index (χ0) is 15.0. The van der Waals surface area contributed by atoms with E-state index >= 15 is 0 Å². The molecule has 0 unspecified atom stereocenters. The van der Waals surface area contributed by atoms with Gasteiger partial charge in [-0.2, -0.15) is 0 Å². The smallest absolute Gasteiger partial charge is 0.226 e. The van der Waals surface area contributed by atoms with E-state index in [4.69, 9.17) is 17.3 Å². The van der Waals surface area contributed by atoms with Gasteiger partial charge in [0.2, 0.25) is 5.91 Å². The number of anilines is 1. The van der Waals surface area contributed by atoms with Gasteiger partial charge < -0.3 is 11.1 Å². The molecule has 110 valence electrons. The van der Waals surface area contributed by atoms with Crippen LogP contribution in [0.15, 0.2) is 24.4 Å². The highest BCUT2D eigenvalue weighted by molar-refractivity contribution is 6.35. The lowest BCUT2D eigenvalue weighted by atomic mass is 9.75. The molecule has 3 N–H and O–H groups in total. The summed E-state index contributed by atoms with van der Waals surface area (Å²) >= 11 is 6.30. The highest BCUT2D eigenvalue weighted by Crippen LogP contribution is 2.35. The van der Waals surface area contributed by atoms with E-state index in [0.29, 0.717) is 17.1 Å². The number of rotatable bonds is 3. The number of carbonyl (C=O) groups excluding carboxylic acids is 1. The Labute approximate surface area is 128 Å². The Bertz CT molecular complexity index is 710. The first-order chi connectivity index (χ1) is 9.98. The lowest BCUT2D eigenvalue weighted by molar-refractivity contribution is -0.118. The van der Waals surface area contributed by atoms with Crippen molar-refractivity contribution in [2.24, 2.45) is 5.73 Å². The van der Waals surface area contributed by atoms with Crippen molar-refractivity contribution in [2.45, 2.75) is 38.1 Å². The van der Waals surface area contributed by atoms with Gasteiger partial charge in [-0.15, -0.1) is 0 Å². The van der Waals surface area contributed by atoms with Crippen molar-refractivity contribution in [1.29, 1.82) is 0 Å². The second kappa shape index (κ2) is 5.28. The maximum Gasteiger partial charge on any atom is 0.226 e. The molecule has 0 saturated heterocycles. The Morgan fingerprint density at radius 3 is 2.95 bits per heavy atom. The standard InChI is InChI=1S/C16H18ClN3O/c1-10-8-12(17)15(11-4-2-7-19-14(10)11)20-13(21)9-16(18)5-3-6-16/h2,4,7-8H,3,5-6,9,18H2,1H3,(H,20,21). The lowest BCUT2D eigenvalue weighted by Gasteiger charge is -2.37. The minimum Gasteiger partial charge on any atom is -0.325 e. The van der Waals surface area contributed by atoms with E-state index in [1.54, 1.807) is 6.20 Å². The predicted octanol–water partition coefficient (Wildman–Crippen LogP) is 3.41. The molecule has 1 amide bonds. The molecule has 21 heavy (non-hydrogen) atoms. The van der Waals surface area contributed by atoms with Gasteiger partial charge in [0, 0.05) is 23.5 Å². The van der Waals surface area contributed by atoms with Gasteiger partial charge in [0.05, 0.1) is 16.2 Å². The van der Waals surface area contributed by atoms with E-state index in [1.807, 2.05) is 25.1 Å². The molecule has 1 heterocycles. The van der Waals surface area contributed by atoms with Crippen molar-refractivity contribution < 1.29 is 4.79 Å². The molecule has 4 nitrogen and oxygen atoms in total. The number of aromatic nitrogens is 1. The third-order valence-corrected chi connectivity index (χ3v) is 4.46. The molecule has 3 rings (SSSR count). The van der Waals surface area contributed by atoms with Gasteiger partial charge in [0.15, 0.2) is 0 Å². The Balaban J connectivity index is 1.91. The van der Waals surface area contributed by atoms with Gasteiger partial charge in [-0.25, -0.2) is 0 Å². The average Bonchev–Trinajstić information content (AvgIpc) is 2.42. The topological polar surface area (TPSA) is 68.0 Å². The SMILES string of the molecule is Cc1cc(Cl)c(NC(=O)CC2(N)CCC2)c2cccnc12. The van der Waals surface area contributed by atoms with E-state index in [1.165, 1.54) is 0 Å². The van der Waals surface area contributed by atoms with Gasteiger partial charge >= 0.3 is 0 Å². The number of amides is 1. The second-order valence-electron chi connectivity index (χ2n) is 5.89. The van der Waals surface area contributed by atoms with Gasteiger partial charge in [-0.05, 0) is 49.9 Å². The summed E-state index contributed by atoms with van der Waals surface area (Å²) in [6.07, 6.45) is 4.98. The summed E-state index contributed by atoms with van der Waals surface area (Å²) in [4.78, 5) is 16.6. The molecular formula is C16H18ClN3O. The normalized spacial score (nSPS) is 16.5. The van der Waals surface area contributed by atoms with Crippen molar-refractivity contribution in [3.63, 3.8) is 0 Å². The number of aryl methyl sites for hydroxylation is 1. The Morgan fingerprint density at radius 2 is 2.29 bits per heavy atom. The van der Waals surface area contributed by atoms with E-state index in [0.717, 1.165) is 35.7 Å². The van der Waals surface area contributed by atoms with E-state index < -0.39 is 0 Å². The van der Waals surface area contributed by atoms with Crippen LogP contribution in [0.2, 0.25) is 5.02 Å². The van der Waals surface area contributed by atoms with Crippen LogP contribution in [-0.4, -0.2) is 16.4 Å². The number of carbonyl (C=O) groups is 1. The van der Waals surface area contributed by atoms with Crippen LogP contribution in [0.5, 0.6) is 0 Å². The van der Waals surface area contributed by atoms with Crippen LogP contribution < -0.4 is 11.1 Å². The van der Waals surface area contributed by atoms with Crippen LogP contribution >= 0.6 is 11.6 Å². The summed E-state index contributed by atoms with van der Waals surface area (Å²) in [6.45, 7) is 1.95. The molecule has 5 heteroatoms. The third kappa shape index (κ3) is 2.74. The second-order valence-corrected chi connectivity index (χ2v) is 6.30. The molecule has 0 bridgehead atoms. The minimum absolute atomic E-state index is 0.0897. The molecule has 1 saturated carbocycles. The van der Waals surface area contributed by atoms with Crippen molar-refractivity contribution in [3.05, 3.63) is 35.0 Å². The Kier molecular flexibility index (Phi) is 3.59. The zero-order valence-electron chi connectivity index (χ0n) is 11.9. The first-order valence-corrected chi connectivity index (χ1v) is 7.49. The van der Waals surface area contributed by atoms with E-state index in [-0.39, 0.29) is 11.4 Å². The third-order valence-electron chi connectivity index (χ3n) is 4.16. The van der Waals surface area contributed by atoms with Crippen LogP contribution in [0.4, 0.5) is 5.69 Å². The fourth-order valence-corrected chi connectivity index (χ4v) is 3.13. The number of hydrogen-bond donors (Lipinski definition) is 2. The van der Waals surface area contributed by atoms with Gasteiger partial charge in [-0.3, -0.25) is 9.78 Å². The number of benzene rings is 1. The first-order valence-electron chi connectivity index (χ1n) is 7.11. The number of nitrogens with two attached hydrogens (primary N) is 1. The number of nitrogens with zero attached hydrogens (tertiary/aromatic N) is 1. The highest BCUT2D eigenvalue weighted by Gasteiger charge is 2.34. The highest BCUT2D eigenvalue weighted by atomic mass is 35.5. The molecule has 0 spiro atoms. The molecule has 1 fully saturated rings. The minimum atomic E-state index is -0.338. The van der Waals surface area contributed by atoms with Gasteiger partial charge in [-0.1, -0.05) is 11.6 Å². The maximum absolute atomic E-state index is 12.2. The van der Waals surface area contributed by atoms with Gasteiger partial charge in [0.25, 0.3) is 0 Å². The quantitative estimate of drug-likeness (QED) is 0.913. The molecule has 1 aliphatic rings. The van der Waals surface area contributed by atoms with Crippen LogP contribution in [0, 0.1) is 6.92 Å². The van der Waals surface area contributed by atoms with Crippen LogP contribution in [0.25, 0.3) is 10.9 Å². The molecule has 0 radical (unpaired) electrons. The number of nitrogens with one attached hydrogen (secondary N) is 1. The summed E-state index contributed by atoms with van der Waals surface area (Å²) in [5.41, 5.74) is 8.25. The molecule has 0 aliphatic heterocycles. The van der Waals surface area contributed by atoms with Crippen LogP contribution in [-0.2, 0) is 4.79 Å². The zero-order valence-corrected chi connectivity index (χ0v) is 12.7. The van der Waals surface area contributed by atoms with Crippen molar-refractivity contribution in [2.75, 3.05) is 5.32 Å². The summed E-state index contributed by atoms with van der Waals surface area (Å²) in [5, 5.41) is 4.30.